The van der Waals surface area contributed by atoms with Crippen LogP contribution in [0.3, 0.4) is 0 Å². The van der Waals surface area contributed by atoms with Crippen molar-refractivity contribution in [1.82, 2.24) is 0 Å². The normalized spacial score (nSPS) is 10.7. The number of anilines is 1. The number of nitro benzene ring substituents is 1. The summed E-state index contributed by atoms with van der Waals surface area (Å²) in [4.78, 5) is 10.3. The van der Waals surface area contributed by atoms with E-state index in [2.05, 4.69) is 35.1 Å². The van der Waals surface area contributed by atoms with E-state index in [1.165, 1.54) is 12.1 Å². The number of hydrogen-bond donors (Lipinski definition) is 1. The molecule has 0 aliphatic heterocycles. The highest BCUT2D eigenvalue weighted by atomic mass is 79.9. The van der Waals surface area contributed by atoms with Crippen LogP contribution in [0.2, 0.25) is 0 Å². The topological polar surface area (TPSA) is 55.2 Å². The lowest BCUT2D eigenvalue weighted by Crippen LogP contribution is -2.19. The first kappa shape index (κ1) is 15.0. The molecule has 1 aromatic carbocycles. The van der Waals surface area contributed by atoms with Gasteiger partial charge in [0.15, 0.2) is 0 Å². The van der Waals surface area contributed by atoms with E-state index in [0.717, 1.165) is 35.8 Å². The highest BCUT2D eigenvalue weighted by Gasteiger charge is 2.12. The number of hydrogen-bond acceptors (Lipinski definition) is 3. The second-order valence-corrected chi connectivity index (χ2v) is 5.19. The number of halogens is 1. The average molecular weight is 315 g/mol. The summed E-state index contributed by atoms with van der Waals surface area (Å²) in [5.74, 6) is 0. The monoisotopic (exact) mass is 314 g/mol. The second kappa shape index (κ2) is 7.36. The van der Waals surface area contributed by atoms with Crippen molar-refractivity contribution in [3.05, 3.63) is 32.8 Å². The zero-order valence-electron chi connectivity index (χ0n) is 10.8. The molecule has 0 saturated heterocycles. The van der Waals surface area contributed by atoms with Gasteiger partial charge in [0, 0.05) is 28.3 Å². The van der Waals surface area contributed by atoms with Crippen LogP contribution in [-0.4, -0.2) is 11.0 Å². The molecule has 0 heterocycles. The Morgan fingerprint density at radius 2 is 1.94 bits per heavy atom. The Hall–Kier alpha value is -1.10. The minimum Gasteiger partial charge on any atom is -0.381 e. The van der Waals surface area contributed by atoms with Crippen molar-refractivity contribution in [2.24, 2.45) is 0 Å². The fourth-order valence-electron chi connectivity index (χ4n) is 1.94. The van der Waals surface area contributed by atoms with Crippen LogP contribution >= 0.6 is 15.9 Å². The molecule has 0 aliphatic rings. The molecule has 1 rings (SSSR count). The quantitative estimate of drug-likeness (QED) is 0.584. The van der Waals surface area contributed by atoms with E-state index in [0.29, 0.717) is 6.04 Å². The van der Waals surface area contributed by atoms with Crippen molar-refractivity contribution in [3.63, 3.8) is 0 Å². The van der Waals surface area contributed by atoms with E-state index >= 15 is 0 Å². The molecule has 1 aromatic rings. The maximum absolute atomic E-state index is 10.7. The molecule has 0 radical (unpaired) electrons. The third-order valence-electron chi connectivity index (χ3n) is 2.80. The van der Waals surface area contributed by atoms with Gasteiger partial charge in [-0.05, 0) is 34.8 Å². The van der Waals surface area contributed by atoms with E-state index in [1.54, 1.807) is 6.07 Å². The molecular weight excluding hydrogens is 296 g/mol. The Kier molecular flexibility index (Phi) is 6.12. The first-order valence-corrected chi connectivity index (χ1v) is 7.08. The molecular formula is C13H19BrN2O2. The van der Waals surface area contributed by atoms with Gasteiger partial charge >= 0.3 is 0 Å². The van der Waals surface area contributed by atoms with Gasteiger partial charge in [0.05, 0.1) is 4.92 Å². The third kappa shape index (κ3) is 4.29. The average Bonchev–Trinajstić information content (AvgIpc) is 2.32. The zero-order valence-corrected chi connectivity index (χ0v) is 12.4. The van der Waals surface area contributed by atoms with Crippen molar-refractivity contribution in [3.8, 4) is 0 Å². The Bertz CT molecular complexity index is 404. The van der Waals surface area contributed by atoms with Gasteiger partial charge in [0.1, 0.15) is 0 Å². The molecule has 0 aromatic heterocycles. The summed E-state index contributed by atoms with van der Waals surface area (Å²) in [5.41, 5.74) is 1.03. The van der Waals surface area contributed by atoms with Crippen molar-refractivity contribution in [2.45, 2.75) is 45.6 Å². The maximum Gasteiger partial charge on any atom is 0.270 e. The molecule has 18 heavy (non-hydrogen) atoms. The summed E-state index contributed by atoms with van der Waals surface area (Å²) in [6.45, 7) is 4.32. The van der Waals surface area contributed by atoms with Gasteiger partial charge in [-0.3, -0.25) is 10.1 Å². The predicted octanol–water partition coefficient (Wildman–Crippen LogP) is 4.74. The summed E-state index contributed by atoms with van der Waals surface area (Å²) in [5, 5.41) is 14.1. The van der Waals surface area contributed by atoms with Gasteiger partial charge in [-0.15, -0.1) is 0 Å². The van der Waals surface area contributed by atoms with E-state index in [4.69, 9.17) is 0 Å². The van der Waals surface area contributed by atoms with Crippen LogP contribution in [0.5, 0.6) is 0 Å². The van der Waals surface area contributed by atoms with Crippen molar-refractivity contribution < 1.29 is 4.92 Å². The Labute approximate surface area is 116 Å². The van der Waals surface area contributed by atoms with Crippen LogP contribution in [0, 0.1) is 10.1 Å². The Morgan fingerprint density at radius 3 is 2.39 bits per heavy atom. The Balaban J connectivity index is 2.79. The predicted molar refractivity (Wildman–Crippen MR) is 78.0 cm³/mol. The molecule has 0 saturated carbocycles. The highest BCUT2D eigenvalue weighted by Crippen LogP contribution is 2.28. The Morgan fingerprint density at radius 1 is 1.33 bits per heavy atom. The molecule has 5 heteroatoms. The molecule has 100 valence electrons. The standard InChI is InChI=1S/C13H19BrN2O2/c1-3-5-10(6-4-2)15-13-8-7-11(16(17)18)9-12(13)14/h7-10,15H,3-6H2,1-2H3. The van der Waals surface area contributed by atoms with Gasteiger partial charge in [0.25, 0.3) is 5.69 Å². The van der Waals surface area contributed by atoms with Gasteiger partial charge < -0.3 is 5.32 Å². The number of non-ortho nitro benzene ring substituents is 1. The molecule has 0 unspecified atom stereocenters. The lowest BCUT2D eigenvalue weighted by atomic mass is 10.1. The first-order valence-electron chi connectivity index (χ1n) is 6.29. The van der Waals surface area contributed by atoms with Gasteiger partial charge in [-0.1, -0.05) is 26.7 Å². The summed E-state index contributed by atoms with van der Waals surface area (Å²) in [6, 6.07) is 5.26. The number of rotatable bonds is 7. The molecule has 0 spiro atoms. The second-order valence-electron chi connectivity index (χ2n) is 4.34. The molecule has 0 fully saturated rings. The van der Waals surface area contributed by atoms with E-state index in [9.17, 15) is 10.1 Å². The van der Waals surface area contributed by atoms with Crippen LogP contribution in [0.1, 0.15) is 39.5 Å². The van der Waals surface area contributed by atoms with E-state index in [1.807, 2.05) is 0 Å². The van der Waals surface area contributed by atoms with Gasteiger partial charge in [-0.2, -0.15) is 0 Å². The fourth-order valence-corrected chi connectivity index (χ4v) is 2.42. The van der Waals surface area contributed by atoms with Crippen molar-refractivity contribution >= 4 is 27.3 Å². The SMILES string of the molecule is CCCC(CCC)Nc1ccc([N+](=O)[O-])cc1Br. The molecule has 0 bridgehead atoms. The lowest BCUT2D eigenvalue weighted by molar-refractivity contribution is -0.384. The molecule has 0 aliphatic carbocycles. The molecule has 0 atom stereocenters. The number of nitrogens with zero attached hydrogens (tertiary/aromatic N) is 1. The van der Waals surface area contributed by atoms with Crippen LogP contribution in [0.15, 0.2) is 22.7 Å². The largest absolute Gasteiger partial charge is 0.381 e. The van der Waals surface area contributed by atoms with E-state index < -0.39 is 0 Å². The van der Waals surface area contributed by atoms with E-state index in [-0.39, 0.29) is 10.6 Å². The number of benzene rings is 1. The van der Waals surface area contributed by atoms with Gasteiger partial charge in [0.2, 0.25) is 0 Å². The minimum atomic E-state index is -0.385. The highest BCUT2D eigenvalue weighted by molar-refractivity contribution is 9.10. The van der Waals surface area contributed by atoms with Crippen molar-refractivity contribution in [1.29, 1.82) is 0 Å². The van der Waals surface area contributed by atoms with Crippen LogP contribution in [0.4, 0.5) is 11.4 Å². The minimum absolute atomic E-state index is 0.106. The van der Waals surface area contributed by atoms with Crippen LogP contribution in [0.25, 0.3) is 0 Å². The molecule has 4 nitrogen and oxygen atoms in total. The molecule has 1 N–H and O–H groups in total. The third-order valence-corrected chi connectivity index (χ3v) is 3.45. The first-order chi connectivity index (χ1) is 8.58. The molecule has 0 amide bonds. The number of nitrogens with one attached hydrogen (secondary N) is 1. The lowest BCUT2D eigenvalue weighted by Gasteiger charge is -2.19. The smallest absolute Gasteiger partial charge is 0.270 e. The van der Waals surface area contributed by atoms with Crippen molar-refractivity contribution in [2.75, 3.05) is 5.32 Å². The summed E-state index contributed by atoms with van der Waals surface area (Å²) in [6.07, 6.45) is 4.47. The zero-order chi connectivity index (χ0) is 13.5. The van der Waals surface area contributed by atoms with Crippen LogP contribution < -0.4 is 5.32 Å². The maximum atomic E-state index is 10.7. The van der Waals surface area contributed by atoms with Crippen LogP contribution in [-0.2, 0) is 0 Å². The fraction of sp³-hybridized carbons (Fsp3) is 0.538. The van der Waals surface area contributed by atoms with Gasteiger partial charge in [-0.25, -0.2) is 0 Å². The summed E-state index contributed by atoms with van der Waals surface area (Å²) in [7, 11) is 0. The number of nitro groups is 1. The summed E-state index contributed by atoms with van der Waals surface area (Å²) >= 11 is 3.38. The summed E-state index contributed by atoms with van der Waals surface area (Å²) < 4.78 is 0.744.